The van der Waals surface area contributed by atoms with Crippen molar-refractivity contribution >= 4 is 39.2 Å². The molecule has 0 aliphatic heterocycles. The van der Waals surface area contributed by atoms with Crippen LogP contribution in [0.2, 0.25) is 0 Å². The Kier molecular flexibility index (Phi) is 4.26. The maximum atomic E-state index is 11.9. The number of para-hydroxylation sites is 1. The van der Waals surface area contributed by atoms with Gasteiger partial charge in [-0.25, -0.2) is 4.98 Å². The molecule has 3 rings (SSSR count). The van der Waals surface area contributed by atoms with Crippen molar-refractivity contribution < 1.29 is 9.21 Å². The van der Waals surface area contributed by atoms with Crippen LogP contribution in [0.5, 0.6) is 0 Å². The summed E-state index contributed by atoms with van der Waals surface area (Å²) < 4.78 is 7.32. The number of amides is 1. The van der Waals surface area contributed by atoms with Crippen LogP contribution in [0.1, 0.15) is 18.7 Å². The van der Waals surface area contributed by atoms with Gasteiger partial charge in [0.1, 0.15) is 5.76 Å². The summed E-state index contributed by atoms with van der Waals surface area (Å²) in [6.07, 6.45) is 1.61. The highest BCUT2D eigenvalue weighted by Crippen LogP contribution is 2.29. The van der Waals surface area contributed by atoms with Gasteiger partial charge in [-0.2, -0.15) is 0 Å². The maximum Gasteiger partial charge on any atom is 0.231 e. The molecule has 0 radical (unpaired) electrons. The molecule has 1 aromatic carbocycles. The van der Waals surface area contributed by atoms with Crippen LogP contribution in [0.3, 0.4) is 0 Å². The molecule has 0 bridgehead atoms. The number of thioether (sulfide) groups is 1. The Hall–Kier alpha value is -1.79. The molecular formula is C15H14N2O2S2. The molecule has 6 heteroatoms. The third-order valence-corrected chi connectivity index (χ3v) is 5.13. The number of rotatable bonds is 5. The van der Waals surface area contributed by atoms with Crippen molar-refractivity contribution in [3.05, 3.63) is 48.4 Å². The molecule has 0 aliphatic carbocycles. The lowest BCUT2D eigenvalue weighted by Gasteiger charge is -2.10. The van der Waals surface area contributed by atoms with Crippen LogP contribution in [0.4, 0.5) is 0 Å². The molecule has 3 aromatic rings. The van der Waals surface area contributed by atoms with Crippen LogP contribution in [-0.2, 0) is 4.79 Å². The summed E-state index contributed by atoms with van der Waals surface area (Å²) in [6, 6.07) is 11.5. The van der Waals surface area contributed by atoms with Crippen molar-refractivity contribution in [2.24, 2.45) is 0 Å². The zero-order chi connectivity index (χ0) is 14.7. The number of benzene rings is 1. The van der Waals surface area contributed by atoms with Gasteiger partial charge in [-0.1, -0.05) is 23.9 Å². The van der Waals surface area contributed by atoms with E-state index in [1.165, 1.54) is 11.8 Å². The molecule has 108 valence electrons. The molecule has 1 amide bonds. The Morgan fingerprint density at radius 2 is 2.24 bits per heavy atom. The summed E-state index contributed by atoms with van der Waals surface area (Å²) in [4.78, 5) is 16.4. The van der Waals surface area contributed by atoms with Crippen LogP contribution >= 0.6 is 23.1 Å². The van der Waals surface area contributed by atoms with E-state index < -0.39 is 0 Å². The minimum Gasteiger partial charge on any atom is -0.467 e. The van der Waals surface area contributed by atoms with E-state index in [0.29, 0.717) is 5.75 Å². The number of carbonyl (C=O) groups excluding carboxylic acids is 1. The fraction of sp³-hybridized carbons (Fsp3) is 0.200. The number of aromatic nitrogens is 1. The van der Waals surface area contributed by atoms with Gasteiger partial charge in [0.25, 0.3) is 0 Å². The first-order valence-electron chi connectivity index (χ1n) is 6.53. The largest absolute Gasteiger partial charge is 0.467 e. The van der Waals surface area contributed by atoms with E-state index in [1.807, 2.05) is 43.3 Å². The fourth-order valence-electron chi connectivity index (χ4n) is 1.93. The molecule has 2 heterocycles. The zero-order valence-electron chi connectivity index (χ0n) is 11.4. The van der Waals surface area contributed by atoms with Crippen LogP contribution in [-0.4, -0.2) is 16.6 Å². The molecule has 1 N–H and O–H groups in total. The lowest BCUT2D eigenvalue weighted by atomic mass is 10.2. The third kappa shape index (κ3) is 3.46. The van der Waals surface area contributed by atoms with Gasteiger partial charge in [0.05, 0.1) is 28.3 Å². The molecule has 1 atom stereocenters. The predicted molar refractivity (Wildman–Crippen MR) is 85.6 cm³/mol. The second kappa shape index (κ2) is 6.32. The van der Waals surface area contributed by atoms with E-state index in [0.717, 1.165) is 20.3 Å². The van der Waals surface area contributed by atoms with E-state index in [1.54, 1.807) is 17.6 Å². The number of hydrogen-bond acceptors (Lipinski definition) is 5. The van der Waals surface area contributed by atoms with Gasteiger partial charge in [0, 0.05) is 0 Å². The molecule has 0 fully saturated rings. The third-order valence-electron chi connectivity index (χ3n) is 2.95. The Morgan fingerprint density at radius 3 is 3.00 bits per heavy atom. The maximum absolute atomic E-state index is 11.9. The van der Waals surface area contributed by atoms with Crippen LogP contribution in [0.15, 0.2) is 51.4 Å². The summed E-state index contributed by atoms with van der Waals surface area (Å²) in [5.41, 5.74) is 0.981. The Balaban J connectivity index is 1.56. The van der Waals surface area contributed by atoms with Gasteiger partial charge in [-0.05, 0) is 31.2 Å². The summed E-state index contributed by atoms with van der Waals surface area (Å²) in [5, 5.41) is 2.91. The smallest absolute Gasteiger partial charge is 0.231 e. The number of nitrogens with zero attached hydrogens (tertiary/aromatic N) is 1. The van der Waals surface area contributed by atoms with Crippen molar-refractivity contribution in [2.45, 2.75) is 17.3 Å². The number of hydrogen-bond donors (Lipinski definition) is 1. The quantitative estimate of drug-likeness (QED) is 0.726. The highest BCUT2D eigenvalue weighted by Gasteiger charge is 2.13. The van der Waals surface area contributed by atoms with Gasteiger partial charge in [0.2, 0.25) is 5.91 Å². The first kappa shape index (κ1) is 14.2. The van der Waals surface area contributed by atoms with Crippen molar-refractivity contribution in [3.63, 3.8) is 0 Å². The first-order valence-corrected chi connectivity index (χ1v) is 8.34. The minimum absolute atomic E-state index is 0.0249. The Bertz CT molecular complexity index is 704. The summed E-state index contributed by atoms with van der Waals surface area (Å²) in [7, 11) is 0. The van der Waals surface area contributed by atoms with Gasteiger partial charge >= 0.3 is 0 Å². The number of thiazole rings is 1. The highest BCUT2D eigenvalue weighted by atomic mass is 32.2. The Labute approximate surface area is 130 Å². The highest BCUT2D eigenvalue weighted by molar-refractivity contribution is 8.01. The van der Waals surface area contributed by atoms with Crippen LogP contribution in [0, 0.1) is 0 Å². The molecule has 0 spiro atoms. The molecule has 0 aliphatic rings. The monoisotopic (exact) mass is 318 g/mol. The van der Waals surface area contributed by atoms with Crippen molar-refractivity contribution in [2.75, 3.05) is 5.75 Å². The molecule has 21 heavy (non-hydrogen) atoms. The number of furan rings is 1. The molecule has 2 aromatic heterocycles. The fourth-order valence-corrected chi connectivity index (χ4v) is 3.81. The second-order valence-electron chi connectivity index (χ2n) is 4.54. The van der Waals surface area contributed by atoms with Crippen molar-refractivity contribution in [1.82, 2.24) is 10.3 Å². The van der Waals surface area contributed by atoms with Gasteiger partial charge < -0.3 is 9.73 Å². The van der Waals surface area contributed by atoms with Gasteiger partial charge in [-0.15, -0.1) is 11.3 Å². The van der Waals surface area contributed by atoms with Gasteiger partial charge in [-0.3, -0.25) is 4.79 Å². The topological polar surface area (TPSA) is 55.1 Å². The molecule has 0 saturated heterocycles. The second-order valence-corrected chi connectivity index (χ2v) is 6.79. The van der Waals surface area contributed by atoms with E-state index in [-0.39, 0.29) is 11.9 Å². The summed E-state index contributed by atoms with van der Waals surface area (Å²) in [6.45, 7) is 1.90. The first-order chi connectivity index (χ1) is 10.2. The van der Waals surface area contributed by atoms with Crippen molar-refractivity contribution in [1.29, 1.82) is 0 Å². The van der Waals surface area contributed by atoms with E-state index in [2.05, 4.69) is 10.3 Å². The molecular weight excluding hydrogens is 304 g/mol. The lowest BCUT2D eigenvalue weighted by Crippen LogP contribution is -2.27. The molecule has 0 saturated carbocycles. The average Bonchev–Trinajstić information content (AvgIpc) is 3.14. The van der Waals surface area contributed by atoms with Crippen molar-refractivity contribution in [3.8, 4) is 0 Å². The number of nitrogens with one attached hydrogen (secondary N) is 1. The lowest BCUT2D eigenvalue weighted by molar-refractivity contribution is -0.119. The van der Waals surface area contributed by atoms with Crippen LogP contribution < -0.4 is 5.32 Å². The number of carbonyl (C=O) groups is 1. The zero-order valence-corrected chi connectivity index (χ0v) is 13.0. The van der Waals surface area contributed by atoms with E-state index in [9.17, 15) is 4.79 Å². The molecule has 1 unspecified atom stereocenters. The molecule has 4 nitrogen and oxygen atoms in total. The predicted octanol–water partition coefficient (Wildman–Crippen LogP) is 3.86. The number of fused-ring (bicyclic) bond motifs is 1. The standard InChI is InChI=1S/C15H14N2O2S2/c1-10(12-6-4-8-19-12)16-14(18)9-20-15-17-11-5-2-3-7-13(11)21-15/h2-8,10H,9H2,1H3,(H,16,18). The minimum atomic E-state index is -0.122. The average molecular weight is 318 g/mol. The van der Waals surface area contributed by atoms with Gasteiger partial charge in [0.15, 0.2) is 4.34 Å². The summed E-state index contributed by atoms with van der Waals surface area (Å²) in [5.74, 6) is 1.08. The SMILES string of the molecule is CC(NC(=O)CSc1nc2ccccc2s1)c1ccco1. The van der Waals surface area contributed by atoms with Crippen LogP contribution in [0.25, 0.3) is 10.2 Å². The van der Waals surface area contributed by atoms with E-state index in [4.69, 9.17) is 4.42 Å². The van der Waals surface area contributed by atoms with E-state index >= 15 is 0 Å². The summed E-state index contributed by atoms with van der Waals surface area (Å²) >= 11 is 3.07. The Morgan fingerprint density at radius 1 is 1.38 bits per heavy atom. The normalized spacial score (nSPS) is 12.4.